The monoisotopic (exact) mass is 509 g/mol. The highest BCUT2D eigenvalue weighted by molar-refractivity contribution is 7.98. The molecule has 6 nitrogen and oxygen atoms in total. The lowest BCUT2D eigenvalue weighted by atomic mass is 9.99. The molecule has 1 saturated heterocycles. The molecule has 1 aromatic carbocycles. The minimum Gasteiger partial charge on any atom is -0.339 e. The van der Waals surface area contributed by atoms with E-state index in [9.17, 15) is 4.79 Å². The lowest BCUT2D eigenvalue weighted by molar-refractivity contribution is 0.0663. The van der Waals surface area contributed by atoms with Crippen molar-refractivity contribution in [1.29, 1.82) is 0 Å². The number of thioether (sulfide) groups is 1. The lowest BCUT2D eigenvalue weighted by Crippen LogP contribution is -2.44. The van der Waals surface area contributed by atoms with E-state index < -0.39 is 0 Å². The highest BCUT2D eigenvalue weighted by Gasteiger charge is 2.27. The summed E-state index contributed by atoms with van der Waals surface area (Å²) >= 11 is 3.44. The molecule has 0 bridgehead atoms. The van der Waals surface area contributed by atoms with Crippen LogP contribution in [0.2, 0.25) is 0 Å². The number of hydrogen-bond donors (Lipinski definition) is 0. The average molecular weight is 510 g/mol. The van der Waals surface area contributed by atoms with Crippen LogP contribution in [-0.4, -0.2) is 70.1 Å². The number of nitrogens with zero attached hydrogens (tertiary/aromatic N) is 5. The van der Waals surface area contributed by atoms with Crippen LogP contribution in [0.5, 0.6) is 0 Å². The molecule has 2 aliphatic rings. The topological polar surface area (TPSA) is 62.2 Å². The van der Waals surface area contributed by atoms with E-state index in [0.717, 1.165) is 65.3 Å². The summed E-state index contributed by atoms with van der Waals surface area (Å²) in [4.78, 5) is 32.5. The zero-order chi connectivity index (χ0) is 24.4. The third-order valence-corrected chi connectivity index (χ3v) is 9.39. The standard InChI is InChI=1S/C27H35N5OS2/c1-31(2)21-8-10-32(11-9-21)27(33)20-6-7-23-24(15-20)35-26(30-23)14-19-5-4-18(12-19)13-25-28-16-22(34-3)17-29-25/h6-7,15-19,21H,4-5,8-14H2,1-3H3/t18-,19-/m0/s1. The number of carbonyl (C=O) groups excluding carboxylic acids is 1. The highest BCUT2D eigenvalue weighted by Crippen LogP contribution is 2.36. The second-order valence-corrected chi connectivity index (χ2v) is 12.3. The number of likely N-dealkylation sites (tertiary alicyclic amines) is 1. The van der Waals surface area contributed by atoms with Crippen LogP contribution in [-0.2, 0) is 12.8 Å². The van der Waals surface area contributed by atoms with Gasteiger partial charge in [-0.05, 0) is 82.5 Å². The fourth-order valence-corrected chi connectivity index (χ4v) is 7.01. The third kappa shape index (κ3) is 5.87. The molecule has 0 radical (unpaired) electrons. The van der Waals surface area contributed by atoms with E-state index in [2.05, 4.69) is 41.3 Å². The van der Waals surface area contributed by atoms with Crippen LogP contribution >= 0.6 is 23.1 Å². The van der Waals surface area contributed by atoms with Gasteiger partial charge in [0, 0.05) is 54.8 Å². The molecule has 0 N–H and O–H groups in total. The van der Waals surface area contributed by atoms with Crippen molar-refractivity contribution in [1.82, 2.24) is 24.8 Å². The van der Waals surface area contributed by atoms with E-state index in [1.807, 2.05) is 29.4 Å². The van der Waals surface area contributed by atoms with Gasteiger partial charge >= 0.3 is 0 Å². The van der Waals surface area contributed by atoms with Gasteiger partial charge in [0.25, 0.3) is 5.91 Å². The molecule has 5 rings (SSSR count). The van der Waals surface area contributed by atoms with Gasteiger partial charge in [0.05, 0.1) is 15.2 Å². The molecule has 35 heavy (non-hydrogen) atoms. The smallest absolute Gasteiger partial charge is 0.253 e. The van der Waals surface area contributed by atoms with Gasteiger partial charge in [0.15, 0.2) is 0 Å². The molecule has 2 fully saturated rings. The minimum absolute atomic E-state index is 0.158. The Balaban J connectivity index is 1.18. The van der Waals surface area contributed by atoms with E-state index in [1.165, 1.54) is 24.3 Å². The molecule has 0 unspecified atom stereocenters. The van der Waals surface area contributed by atoms with Crippen molar-refractivity contribution in [3.05, 3.63) is 47.0 Å². The normalized spacial score (nSPS) is 21.3. The van der Waals surface area contributed by atoms with Gasteiger partial charge in [-0.1, -0.05) is 0 Å². The number of aromatic nitrogens is 3. The average Bonchev–Trinajstić information content (AvgIpc) is 3.49. The van der Waals surface area contributed by atoms with Gasteiger partial charge in [-0.15, -0.1) is 23.1 Å². The number of hydrogen-bond acceptors (Lipinski definition) is 7. The Bertz CT molecular complexity index is 1150. The van der Waals surface area contributed by atoms with Crippen LogP contribution in [0.15, 0.2) is 35.5 Å². The third-order valence-electron chi connectivity index (χ3n) is 7.66. The summed E-state index contributed by atoms with van der Waals surface area (Å²) in [6.07, 6.45) is 13.7. The molecule has 2 atom stereocenters. The maximum atomic E-state index is 13.1. The Kier molecular flexibility index (Phi) is 7.70. The van der Waals surface area contributed by atoms with Gasteiger partial charge in [-0.3, -0.25) is 4.79 Å². The van der Waals surface area contributed by atoms with Crippen molar-refractivity contribution in [2.45, 2.75) is 55.9 Å². The van der Waals surface area contributed by atoms with Crippen LogP contribution in [0, 0.1) is 11.8 Å². The van der Waals surface area contributed by atoms with E-state index in [0.29, 0.717) is 17.9 Å². The number of carbonyl (C=O) groups is 1. The molecule has 8 heteroatoms. The molecule has 1 amide bonds. The Hall–Kier alpha value is -2.03. The number of amides is 1. The molecule has 2 aromatic heterocycles. The van der Waals surface area contributed by atoms with Crippen LogP contribution in [0.1, 0.15) is 53.3 Å². The first-order chi connectivity index (χ1) is 17.0. The molecular weight excluding hydrogens is 474 g/mol. The van der Waals surface area contributed by atoms with E-state index in [-0.39, 0.29) is 5.91 Å². The lowest BCUT2D eigenvalue weighted by Gasteiger charge is -2.35. The maximum Gasteiger partial charge on any atom is 0.253 e. The number of rotatable bonds is 7. The molecular formula is C27H35N5OS2. The summed E-state index contributed by atoms with van der Waals surface area (Å²) in [5.41, 5.74) is 1.81. The molecule has 1 aliphatic heterocycles. The number of thiazole rings is 1. The fraction of sp³-hybridized carbons (Fsp3) is 0.556. The maximum absolute atomic E-state index is 13.1. The van der Waals surface area contributed by atoms with Gasteiger partial charge in [-0.2, -0.15) is 0 Å². The Morgan fingerprint density at radius 2 is 1.80 bits per heavy atom. The summed E-state index contributed by atoms with van der Waals surface area (Å²) < 4.78 is 1.13. The predicted octanol–water partition coefficient (Wildman–Crippen LogP) is 5.18. The van der Waals surface area contributed by atoms with E-state index in [1.54, 1.807) is 23.1 Å². The number of fused-ring (bicyclic) bond motifs is 1. The summed E-state index contributed by atoms with van der Waals surface area (Å²) in [6.45, 7) is 1.67. The summed E-state index contributed by atoms with van der Waals surface area (Å²) in [5, 5.41) is 1.20. The molecule has 0 spiro atoms. The molecule has 3 heterocycles. The van der Waals surface area contributed by atoms with E-state index in [4.69, 9.17) is 4.98 Å². The van der Waals surface area contributed by atoms with Gasteiger partial charge in [0.2, 0.25) is 0 Å². The van der Waals surface area contributed by atoms with Crippen LogP contribution in [0.4, 0.5) is 0 Å². The zero-order valence-corrected chi connectivity index (χ0v) is 22.6. The second-order valence-electron chi connectivity index (χ2n) is 10.3. The zero-order valence-electron chi connectivity index (χ0n) is 20.9. The second kappa shape index (κ2) is 10.9. The van der Waals surface area contributed by atoms with Crippen LogP contribution < -0.4 is 0 Å². The Morgan fingerprint density at radius 1 is 1.09 bits per heavy atom. The van der Waals surface area contributed by atoms with E-state index >= 15 is 0 Å². The number of piperidine rings is 1. The first-order valence-corrected chi connectivity index (χ1v) is 14.7. The van der Waals surface area contributed by atoms with Crippen molar-refractivity contribution in [3.63, 3.8) is 0 Å². The van der Waals surface area contributed by atoms with Crippen LogP contribution in [0.25, 0.3) is 10.2 Å². The van der Waals surface area contributed by atoms with Crippen LogP contribution in [0.3, 0.4) is 0 Å². The van der Waals surface area contributed by atoms with Crippen molar-refractivity contribution in [2.24, 2.45) is 11.8 Å². The summed E-state index contributed by atoms with van der Waals surface area (Å²) in [6, 6.07) is 6.63. The SMILES string of the molecule is CSc1cnc(C[C@H]2CC[C@H](Cc3nc4ccc(C(=O)N5CCC(N(C)C)CC5)cc4s3)C2)nc1. The quantitative estimate of drug-likeness (QED) is 0.409. The largest absolute Gasteiger partial charge is 0.339 e. The molecule has 3 aromatic rings. The Labute approximate surface area is 216 Å². The highest BCUT2D eigenvalue weighted by atomic mass is 32.2. The Morgan fingerprint density at radius 3 is 2.49 bits per heavy atom. The fourth-order valence-electron chi connectivity index (χ4n) is 5.57. The first-order valence-electron chi connectivity index (χ1n) is 12.7. The van der Waals surface area contributed by atoms with Gasteiger partial charge < -0.3 is 9.80 Å². The van der Waals surface area contributed by atoms with Crippen molar-refractivity contribution >= 4 is 39.2 Å². The number of benzene rings is 1. The predicted molar refractivity (Wildman–Crippen MR) is 144 cm³/mol. The van der Waals surface area contributed by atoms with Crippen molar-refractivity contribution in [3.8, 4) is 0 Å². The van der Waals surface area contributed by atoms with Gasteiger partial charge in [0.1, 0.15) is 5.82 Å². The van der Waals surface area contributed by atoms with Gasteiger partial charge in [-0.25, -0.2) is 15.0 Å². The molecule has 186 valence electrons. The summed E-state index contributed by atoms with van der Waals surface area (Å²) in [7, 11) is 4.25. The van der Waals surface area contributed by atoms with Crippen molar-refractivity contribution in [2.75, 3.05) is 33.4 Å². The van der Waals surface area contributed by atoms with Crippen molar-refractivity contribution < 1.29 is 4.79 Å². The first kappa shape index (κ1) is 24.7. The molecule has 1 aliphatic carbocycles. The molecule has 1 saturated carbocycles. The minimum atomic E-state index is 0.158. The summed E-state index contributed by atoms with van der Waals surface area (Å²) in [5.74, 6) is 2.46.